The van der Waals surface area contributed by atoms with E-state index < -0.39 is 34.7 Å². The van der Waals surface area contributed by atoms with Gasteiger partial charge in [0.25, 0.3) is 5.69 Å². The van der Waals surface area contributed by atoms with Crippen LogP contribution in [0.25, 0.3) is 0 Å². The zero-order valence-corrected chi connectivity index (χ0v) is 14.2. The monoisotopic (exact) mass is 352 g/mol. The zero-order chi connectivity index (χ0) is 18.8. The molecule has 136 valence electrons. The molecule has 0 bridgehead atoms. The topological polar surface area (TPSA) is 119 Å². The number of nitro benzene ring substituents is 1. The fourth-order valence-corrected chi connectivity index (χ4v) is 2.48. The predicted molar refractivity (Wildman–Crippen MR) is 86.5 cm³/mol. The Balaban J connectivity index is 2.07. The fraction of sp³-hybridized carbons (Fsp3) is 0.500. The molecule has 2 atom stereocenters. The first-order valence-corrected chi connectivity index (χ1v) is 7.70. The third-order valence-corrected chi connectivity index (χ3v) is 3.53. The van der Waals surface area contributed by atoms with Crippen molar-refractivity contribution in [2.75, 3.05) is 6.54 Å². The molecule has 25 heavy (non-hydrogen) atoms. The molecule has 1 aliphatic rings. The molecule has 1 aromatic rings. The quantitative estimate of drug-likeness (QED) is 0.653. The predicted octanol–water partition coefficient (Wildman–Crippen LogP) is 2.44. The Morgan fingerprint density at radius 3 is 2.36 bits per heavy atom. The van der Waals surface area contributed by atoms with E-state index in [0.29, 0.717) is 5.75 Å². The molecule has 1 saturated heterocycles. The lowest BCUT2D eigenvalue weighted by atomic mass is 10.2. The number of non-ortho nitro benzene ring substituents is 1. The van der Waals surface area contributed by atoms with Gasteiger partial charge in [0.15, 0.2) is 0 Å². The summed E-state index contributed by atoms with van der Waals surface area (Å²) in [6, 6.07) is 4.42. The lowest BCUT2D eigenvalue weighted by Gasteiger charge is -2.26. The first-order valence-electron chi connectivity index (χ1n) is 7.70. The fourth-order valence-electron chi connectivity index (χ4n) is 2.48. The number of hydrogen-bond donors (Lipinski definition) is 1. The van der Waals surface area contributed by atoms with Crippen molar-refractivity contribution in [3.05, 3.63) is 34.4 Å². The first kappa shape index (κ1) is 18.5. The average Bonchev–Trinajstić information content (AvgIpc) is 2.90. The van der Waals surface area contributed by atoms with Crippen LogP contribution >= 0.6 is 0 Å². The summed E-state index contributed by atoms with van der Waals surface area (Å²) in [4.78, 5) is 34.9. The van der Waals surface area contributed by atoms with E-state index in [2.05, 4.69) is 0 Å². The average molecular weight is 352 g/mol. The van der Waals surface area contributed by atoms with Crippen molar-refractivity contribution in [1.29, 1.82) is 0 Å². The van der Waals surface area contributed by atoms with Gasteiger partial charge in [-0.1, -0.05) is 0 Å². The molecule has 0 unspecified atom stereocenters. The van der Waals surface area contributed by atoms with E-state index in [1.807, 2.05) is 0 Å². The normalized spacial score (nSPS) is 20.2. The van der Waals surface area contributed by atoms with Crippen LogP contribution in [0.4, 0.5) is 10.5 Å². The number of carboxylic acids is 1. The van der Waals surface area contributed by atoms with Crippen LogP contribution in [-0.4, -0.2) is 51.3 Å². The van der Waals surface area contributed by atoms with Gasteiger partial charge in [-0.3, -0.25) is 15.0 Å². The summed E-state index contributed by atoms with van der Waals surface area (Å²) < 4.78 is 10.9. The van der Waals surface area contributed by atoms with E-state index >= 15 is 0 Å². The van der Waals surface area contributed by atoms with Crippen LogP contribution in [0.5, 0.6) is 5.75 Å². The summed E-state index contributed by atoms with van der Waals surface area (Å²) in [6.45, 7) is 5.15. The van der Waals surface area contributed by atoms with Crippen molar-refractivity contribution in [2.24, 2.45) is 0 Å². The second-order valence-corrected chi connectivity index (χ2v) is 6.71. The summed E-state index contributed by atoms with van der Waals surface area (Å²) in [6.07, 6.45) is -1.16. The highest BCUT2D eigenvalue weighted by Crippen LogP contribution is 2.26. The Labute approximate surface area is 144 Å². The number of likely N-dealkylation sites (tertiary alicyclic amines) is 1. The number of ether oxygens (including phenoxy) is 2. The van der Waals surface area contributed by atoms with Gasteiger partial charge in [-0.05, 0) is 32.9 Å². The van der Waals surface area contributed by atoms with Gasteiger partial charge in [-0.2, -0.15) is 0 Å². The Hall–Kier alpha value is -2.84. The molecule has 2 rings (SSSR count). The Morgan fingerprint density at radius 2 is 1.88 bits per heavy atom. The number of benzene rings is 1. The maximum atomic E-state index is 12.2. The summed E-state index contributed by atoms with van der Waals surface area (Å²) in [5.41, 5.74) is -0.810. The highest BCUT2D eigenvalue weighted by Gasteiger charge is 2.42. The summed E-state index contributed by atoms with van der Waals surface area (Å²) in [5.74, 6) is -0.772. The largest absolute Gasteiger partial charge is 0.488 e. The molecule has 9 nitrogen and oxygen atoms in total. The van der Waals surface area contributed by atoms with Crippen molar-refractivity contribution >= 4 is 17.7 Å². The minimum absolute atomic E-state index is 0.0584. The number of rotatable bonds is 4. The molecule has 1 amide bonds. The van der Waals surface area contributed by atoms with Crippen LogP contribution in [0, 0.1) is 10.1 Å². The minimum atomic E-state index is -1.14. The number of carboxylic acid groups (broad SMARTS) is 1. The van der Waals surface area contributed by atoms with E-state index in [1.54, 1.807) is 20.8 Å². The van der Waals surface area contributed by atoms with Gasteiger partial charge in [0, 0.05) is 18.6 Å². The van der Waals surface area contributed by atoms with Gasteiger partial charge in [-0.25, -0.2) is 9.59 Å². The summed E-state index contributed by atoms with van der Waals surface area (Å²) in [5, 5.41) is 20.0. The van der Waals surface area contributed by atoms with Gasteiger partial charge in [0.05, 0.1) is 11.5 Å². The number of nitrogens with zero attached hydrogens (tertiary/aromatic N) is 2. The summed E-state index contributed by atoms with van der Waals surface area (Å²) >= 11 is 0. The molecule has 1 aliphatic heterocycles. The van der Waals surface area contributed by atoms with Crippen LogP contribution in [0.1, 0.15) is 27.2 Å². The molecule has 0 aromatic heterocycles. The van der Waals surface area contributed by atoms with Gasteiger partial charge in [-0.15, -0.1) is 0 Å². The highest BCUT2D eigenvalue weighted by molar-refractivity contribution is 5.81. The van der Waals surface area contributed by atoms with Gasteiger partial charge < -0.3 is 14.6 Å². The Bertz CT molecular complexity index is 666. The van der Waals surface area contributed by atoms with E-state index in [0.717, 1.165) is 4.90 Å². The number of carbonyl (C=O) groups is 2. The van der Waals surface area contributed by atoms with E-state index in [1.165, 1.54) is 24.3 Å². The molecule has 0 radical (unpaired) electrons. The van der Waals surface area contributed by atoms with E-state index in [9.17, 15) is 24.8 Å². The third kappa shape index (κ3) is 4.82. The summed E-state index contributed by atoms with van der Waals surface area (Å²) in [7, 11) is 0. The van der Waals surface area contributed by atoms with Gasteiger partial charge in [0.1, 0.15) is 23.5 Å². The number of carbonyl (C=O) groups excluding carboxylic acids is 1. The van der Waals surface area contributed by atoms with Crippen molar-refractivity contribution < 1.29 is 29.1 Å². The lowest BCUT2D eigenvalue weighted by Crippen LogP contribution is -2.43. The maximum absolute atomic E-state index is 12.2. The van der Waals surface area contributed by atoms with Crippen molar-refractivity contribution in [1.82, 2.24) is 4.90 Å². The van der Waals surface area contributed by atoms with Crippen molar-refractivity contribution in [3.8, 4) is 5.75 Å². The van der Waals surface area contributed by atoms with Crippen LogP contribution in [0.15, 0.2) is 24.3 Å². The van der Waals surface area contributed by atoms with Crippen molar-refractivity contribution in [2.45, 2.75) is 44.9 Å². The third-order valence-electron chi connectivity index (χ3n) is 3.53. The number of nitro groups is 1. The number of hydrogen-bond acceptors (Lipinski definition) is 6. The van der Waals surface area contributed by atoms with Crippen LogP contribution in [0.3, 0.4) is 0 Å². The second kappa shape index (κ2) is 6.96. The molecule has 0 aliphatic carbocycles. The number of aliphatic carboxylic acids is 1. The molecule has 1 fully saturated rings. The Morgan fingerprint density at radius 1 is 1.28 bits per heavy atom. The maximum Gasteiger partial charge on any atom is 0.411 e. The van der Waals surface area contributed by atoms with Crippen molar-refractivity contribution in [3.63, 3.8) is 0 Å². The highest BCUT2D eigenvalue weighted by atomic mass is 16.6. The molecule has 1 heterocycles. The van der Waals surface area contributed by atoms with Gasteiger partial charge in [0.2, 0.25) is 0 Å². The standard InChI is InChI=1S/C16H20N2O7/c1-16(2,3)25-15(21)17-9-12(8-13(17)14(19)20)24-11-6-4-10(5-7-11)18(22)23/h4-7,12-13H,8-9H2,1-3H3,(H,19,20)/t12-,13+/m0/s1. The smallest absolute Gasteiger partial charge is 0.411 e. The van der Waals surface area contributed by atoms with Crippen LogP contribution in [0.2, 0.25) is 0 Å². The SMILES string of the molecule is CC(C)(C)OC(=O)N1C[C@@H](Oc2ccc([N+](=O)[O-])cc2)C[C@@H]1C(=O)O. The zero-order valence-electron chi connectivity index (χ0n) is 14.2. The second-order valence-electron chi connectivity index (χ2n) is 6.71. The first-order chi connectivity index (χ1) is 11.6. The molecular weight excluding hydrogens is 332 g/mol. The van der Waals surface area contributed by atoms with Crippen LogP contribution < -0.4 is 4.74 Å². The van der Waals surface area contributed by atoms with Crippen LogP contribution in [-0.2, 0) is 9.53 Å². The minimum Gasteiger partial charge on any atom is -0.488 e. The molecule has 1 N–H and O–H groups in total. The molecule has 0 saturated carbocycles. The molecule has 9 heteroatoms. The molecule has 1 aromatic carbocycles. The van der Waals surface area contributed by atoms with E-state index in [-0.39, 0.29) is 18.7 Å². The Kier molecular flexibility index (Phi) is 5.15. The molecular formula is C16H20N2O7. The van der Waals surface area contributed by atoms with E-state index in [4.69, 9.17) is 9.47 Å². The lowest BCUT2D eigenvalue weighted by molar-refractivity contribution is -0.384. The number of amides is 1. The van der Waals surface area contributed by atoms with Gasteiger partial charge >= 0.3 is 12.1 Å². The molecule has 0 spiro atoms.